The predicted octanol–water partition coefficient (Wildman–Crippen LogP) is 0.611. The van der Waals surface area contributed by atoms with Gasteiger partial charge in [-0.1, -0.05) is 6.42 Å². The molecule has 1 fully saturated rings. The molecule has 18 heavy (non-hydrogen) atoms. The van der Waals surface area contributed by atoms with E-state index in [1.807, 2.05) is 0 Å². The van der Waals surface area contributed by atoms with E-state index in [1.165, 1.54) is 14.2 Å². The van der Waals surface area contributed by atoms with E-state index in [0.717, 1.165) is 6.42 Å². The van der Waals surface area contributed by atoms with Crippen molar-refractivity contribution >= 4 is 11.9 Å². The summed E-state index contributed by atoms with van der Waals surface area (Å²) in [5.41, 5.74) is 0. The molecule has 3 atom stereocenters. The van der Waals surface area contributed by atoms with Crippen molar-refractivity contribution in [1.82, 2.24) is 5.32 Å². The summed E-state index contributed by atoms with van der Waals surface area (Å²) < 4.78 is 10.1. The average Bonchev–Trinajstić information content (AvgIpc) is 2.79. The van der Waals surface area contributed by atoms with Gasteiger partial charge in [-0.15, -0.1) is 0 Å². The maximum absolute atomic E-state index is 12.0. The van der Waals surface area contributed by atoms with Crippen LogP contribution >= 0.6 is 0 Å². The number of rotatable bonds is 6. The van der Waals surface area contributed by atoms with E-state index in [0.29, 0.717) is 12.8 Å². The van der Waals surface area contributed by atoms with Crippen molar-refractivity contribution in [2.75, 3.05) is 14.2 Å². The summed E-state index contributed by atoms with van der Waals surface area (Å²) in [6.45, 7) is 1.76. The quantitative estimate of drug-likeness (QED) is 0.683. The lowest BCUT2D eigenvalue weighted by Gasteiger charge is -2.24. The van der Waals surface area contributed by atoms with Crippen molar-refractivity contribution in [3.63, 3.8) is 0 Å². The van der Waals surface area contributed by atoms with Crippen molar-refractivity contribution in [3.8, 4) is 0 Å². The van der Waals surface area contributed by atoms with Gasteiger partial charge < -0.3 is 19.9 Å². The van der Waals surface area contributed by atoms with Crippen molar-refractivity contribution in [2.45, 2.75) is 38.5 Å². The van der Waals surface area contributed by atoms with Gasteiger partial charge in [0, 0.05) is 14.2 Å². The molecule has 1 aliphatic carbocycles. The molecule has 0 aromatic rings. The fourth-order valence-corrected chi connectivity index (χ4v) is 2.47. The van der Waals surface area contributed by atoms with Crippen LogP contribution in [-0.2, 0) is 19.1 Å². The van der Waals surface area contributed by atoms with E-state index in [2.05, 4.69) is 5.32 Å². The van der Waals surface area contributed by atoms with Crippen LogP contribution in [0.3, 0.4) is 0 Å². The van der Waals surface area contributed by atoms with E-state index in [9.17, 15) is 9.59 Å². The SMILES string of the molecule is COC(OC)C(C)NC(=O)[C@@H]1CCC[C@@H]1C(=O)O. The third-order valence-corrected chi connectivity index (χ3v) is 3.41. The van der Waals surface area contributed by atoms with Gasteiger partial charge in [0.05, 0.1) is 17.9 Å². The standard InChI is InChI=1S/C12H21NO5/c1-7(12(17-2)18-3)13-10(14)8-5-4-6-9(8)11(15)16/h7-9,12H,4-6H2,1-3H3,(H,13,14)(H,15,16)/t7?,8-,9+/m1/s1. The Kier molecular flexibility index (Phi) is 5.55. The minimum Gasteiger partial charge on any atom is -0.481 e. The van der Waals surface area contributed by atoms with Gasteiger partial charge in [-0.2, -0.15) is 0 Å². The van der Waals surface area contributed by atoms with Crippen LogP contribution in [0.1, 0.15) is 26.2 Å². The van der Waals surface area contributed by atoms with Crippen LogP contribution < -0.4 is 5.32 Å². The lowest BCUT2D eigenvalue weighted by Crippen LogP contribution is -2.46. The lowest BCUT2D eigenvalue weighted by molar-refractivity contribution is -0.148. The molecule has 1 aliphatic rings. The van der Waals surface area contributed by atoms with Gasteiger partial charge in [0.2, 0.25) is 5.91 Å². The molecule has 0 spiro atoms. The van der Waals surface area contributed by atoms with Gasteiger partial charge in [0.25, 0.3) is 0 Å². The molecule has 0 aromatic heterocycles. The van der Waals surface area contributed by atoms with Crippen LogP contribution in [0.25, 0.3) is 0 Å². The molecule has 6 heteroatoms. The van der Waals surface area contributed by atoms with Crippen LogP contribution in [0.5, 0.6) is 0 Å². The average molecular weight is 259 g/mol. The number of ether oxygens (including phenoxy) is 2. The molecule has 6 nitrogen and oxygen atoms in total. The Morgan fingerprint density at radius 3 is 2.28 bits per heavy atom. The highest BCUT2D eigenvalue weighted by Gasteiger charge is 2.38. The highest BCUT2D eigenvalue weighted by Crippen LogP contribution is 2.32. The van der Waals surface area contributed by atoms with E-state index in [4.69, 9.17) is 14.6 Å². The number of hydrogen-bond donors (Lipinski definition) is 2. The molecule has 0 radical (unpaired) electrons. The monoisotopic (exact) mass is 259 g/mol. The second kappa shape index (κ2) is 6.70. The smallest absolute Gasteiger partial charge is 0.307 e. The molecular formula is C12H21NO5. The number of carboxylic acids is 1. The van der Waals surface area contributed by atoms with Crippen molar-refractivity contribution in [2.24, 2.45) is 11.8 Å². The summed E-state index contributed by atoms with van der Waals surface area (Å²) in [6.07, 6.45) is 1.44. The minimum atomic E-state index is -0.893. The molecule has 1 rings (SSSR count). The number of carbonyl (C=O) groups excluding carboxylic acids is 1. The normalized spacial score (nSPS) is 25.1. The van der Waals surface area contributed by atoms with Crippen LogP contribution in [0, 0.1) is 11.8 Å². The number of carboxylic acid groups (broad SMARTS) is 1. The Labute approximate surface area is 107 Å². The maximum Gasteiger partial charge on any atom is 0.307 e. The first-order valence-electron chi connectivity index (χ1n) is 6.10. The van der Waals surface area contributed by atoms with Crippen LogP contribution in [0.15, 0.2) is 0 Å². The summed E-state index contributed by atoms with van der Waals surface area (Å²) in [4.78, 5) is 23.0. The van der Waals surface area contributed by atoms with Crippen LogP contribution in [-0.4, -0.2) is 43.5 Å². The molecule has 0 aliphatic heterocycles. The van der Waals surface area contributed by atoms with E-state index < -0.39 is 24.1 Å². The van der Waals surface area contributed by atoms with Crippen molar-refractivity contribution < 1.29 is 24.2 Å². The largest absolute Gasteiger partial charge is 0.481 e. The number of nitrogens with one attached hydrogen (secondary N) is 1. The summed E-state index contributed by atoms with van der Waals surface area (Å²) in [5.74, 6) is -2.14. The Morgan fingerprint density at radius 2 is 1.78 bits per heavy atom. The van der Waals surface area contributed by atoms with Gasteiger partial charge in [0.1, 0.15) is 0 Å². The molecule has 0 aromatic carbocycles. The Morgan fingerprint density at radius 1 is 1.22 bits per heavy atom. The van der Waals surface area contributed by atoms with Crippen LogP contribution in [0.4, 0.5) is 0 Å². The molecule has 104 valence electrons. The second-order valence-corrected chi connectivity index (χ2v) is 4.62. The molecule has 1 unspecified atom stereocenters. The number of hydrogen-bond acceptors (Lipinski definition) is 4. The molecule has 1 amide bonds. The zero-order valence-electron chi connectivity index (χ0n) is 11.0. The molecule has 0 heterocycles. The first-order valence-corrected chi connectivity index (χ1v) is 6.10. The predicted molar refractivity (Wildman–Crippen MR) is 63.9 cm³/mol. The summed E-state index contributed by atoms with van der Waals surface area (Å²) in [6, 6.07) is -0.317. The van der Waals surface area contributed by atoms with Gasteiger partial charge in [-0.25, -0.2) is 0 Å². The topological polar surface area (TPSA) is 84.9 Å². The van der Waals surface area contributed by atoms with Gasteiger partial charge >= 0.3 is 5.97 Å². The molecular weight excluding hydrogens is 238 g/mol. The molecule has 0 bridgehead atoms. The van der Waals surface area contributed by atoms with Gasteiger partial charge in [-0.3, -0.25) is 9.59 Å². The zero-order chi connectivity index (χ0) is 13.7. The lowest BCUT2D eigenvalue weighted by atomic mass is 9.95. The Hall–Kier alpha value is -1.14. The fourth-order valence-electron chi connectivity index (χ4n) is 2.47. The number of carbonyl (C=O) groups is 2. The number of methoxy groups -OCH3 is 2. The summed E-state index contributed by atoms with van der Waals surface area (Å²) >= 11 is 0. The zero-order valence-corrected chi connectivity index (χ0v) is 11.0. The minimum absolute atomic E-state index is 0.230. The number of aliphatic carboxylic acids is 1. The Balaban J connectivity index is 2.57. The highest BCUT2D eigenvalue weighted by atomic mass is 16.7. The maximum atomic E-state index is 12.0. The van der Waals surface area contributed by atoms with Gasteiger partial charge in [0.15, 0.2) is 6.29 Å². The second-order valence-electron chi connectivity index (χ2n) is 4.62. The summed E-state index contributed by atoms with van der Waals surface area (Å²) in [7, 11) is 2.99. The van der Waals surface area contributed by atoms with E-state index in [-0.39, 0.29) is 11.9 Å². The molecule has 0 saturated heterocycles. The Bertz CT molecular complexity index is 303. The highest BCUT2D eigenvalue weighted by molar-refractivity contribution is 5.85. The summed E-state index contributed by atoms with van der Waals surface area (Å²) in [5, 5.41) is 11.8. The van der Waals surface area contributed by atoms with E-state index >= 15 is 0 Å². The third-order valence-electron chi connectivity index (χ3n) is 3.41. The molecule has 2 N–H and O–H groups in total. The molecule has 1 saturated carbocycles. The fraction of sp³-hybridized carbons (Fsp3) is 0.833. The van der Waals surface area contributed by atoms with Crippen LogP contribution in [0.2, 0.25) is 0 Å². The first kappa shape index (κ1) is 14.9. The van der Waals surface area contributed by atoms with Gasteiger partial charge in [-0.05, 0) is 19.8 Å². The number of amides is 1. The van der Waals surface area contributed by atoms with Crippen molar-refractivity contribution in [1.29, 1.82) is 0 Å². The van der Waals surface area contributed by atoms with E-state index in [1.54, 1.807) is 6.92 Å². The third kappa shape index (κ3) is 3.43. The first-order chi connectivity index (χ1) is 8.51. The van der Waals surface area contributed by atoms with Crippen molar-refractivity contribution in [3.05, 3.63) is 0 Å².